The standard InChI is InChI=1S/C31H22FN/c32-26-16-18-31-29(21-26)28-20-25(15-17-30(28)33(31)27-9-5-2-6-10-27)24-13-11-23(12-14-24)19-22-7-3-1-4-8-22/h1-18,20-21H,19H2. The van der Waals surface area contributed by atoms with Gasteiger partial charge in [0.25, 0.3) is 0 Å². The van der Waals surface area contributed by atoms with Crippen LogP contribution >= 0.6 is 0 Å². The van der Waals surface area contributed by atoms with Crippen LogP contribution in [-0.2, 0) is 6.42 Å². The maximum atomic E-state index is 14.2. The second kappa shape index (κ2) is 8.07. The normalized spacial score (nSPS) is 11.3. The van der Waals surface area contributed by atoms with E-state index in [9.17, 15) is 4.39 Å². The van der Waals surface area contributed by atoms with Crippen LogP contribution in [0.25, 0.3) is 38.6 Å². The Morgan fingerprint density at radius 3 is 1.82 bits per heavy atom. The predicted molar refractivity (Wildman–Crippen MR) is 135 cm³/mol. The van der Waals surface area contributed by atoms with Crippen LogP contribution in [0.2, 0.25) is 0 Å². The van der Waals surface area contributed by atoms with E-state index in [1.54, 1.807) is 6.07 Å². The number of nitrogens with zero attached hydrogens (tertiary/aromatic N) is 1. The third-order valence-corrected chi connectivity index (χ3v) is 6.28. The molecule has 0 fully saturated rings. The number of aromatic nitrogens is 1. The molecule has 2 heteroatoms. The van der Waals surface area contributed by atoms with Crippen LogP contribution in [0.15, 0.2) is 121 Å². The molecule has 6 aromatic rings. The minimum Gasteiger partial charge on any atom is -0.309 e. The first-order valence-electron chi connectivity index (χ1n) is 11.2. The molecule has 0 amide bonds. The monoisotopic (exact) mass is 427 g/mol. The lowest BCUT2D eigenvalue weighted by molar-refractivity contribution is 0.629. The molecule has 0 aliphatic heterocycles. The van der Waals surface area contributed by atoms with Gasteiger partial charge < -0.3 is 4.57 Å². The lowest BCUT2D eigenvalue weighted by Gasteiger charge is -2.08. The predicted octanol–water partition coefficient (Wildman–Crippen LogP) is 8.18. The van der Waals surface area contributed by atoms with Gasteiger partial charge in [-0.3, -0.25) is 0 Å². The van der Waals surface area contributed by atoms with Gasteiger partial charge in [-0.25, -0.2) is 4.39 Å². The quantitative estimate of drug-likeness (QED) is 0.267. The van der Waals surface area contributed by atoms with E-state index in [4.69, 9.17) is 0 Å². The maximum Gasteiger partial charge on any atom is 0.123 e. The average Bonchev–Trinajstić information content (AvgIpc) is 3.18. The van der Waals surface area contributed by atoms with Crippen LogP contribution in [0.4, 0.5) is 4.39 Å². The average molecular weight is 428 g/mol. The van der Waals surface area contributed by atoms with Crippen molar-refractivity contribution in [2.24, 2.45) is 0 Å². The van der Waals surface area contributed by atoms with Gasteiger partial charge in [0.15, 0.2) is 0 Å². The fourth-order valence-corrected chi connectivity index (χ4v) is 4.68. The van der Waals surface area contributed by atoms with Gasteiger partial charge in [0, 0.05) is 16.5 Å². The van der Waals surface area contributed by atoms with Gasteiger partial charge in [0.1, 0.15) is 5.82 Å². The number of rotatable bonds is 4. The smallest absolute Gasteiger partial charge is 0.123 e. The summed E-state index contributed by atoms with van der Waals surface area (Å²) in [4.78, 5) is 0. The Balaban J connectivity index is 1.45. The highest BCUT2D eigenvalue weighted by molar-refractivity contribution is 6.10. The van der Waals surface area contributed by atoms with Gasteiger partial charge in [-0.15, -0.1) is 0 Å². The fraction of sp³-hybridized carbons (Fsp3) is 0.0323. The van der Waals surface area contributed by atoms with Crippen molar-refractivity contribution in [1.29, 1.82) is 0 Å². The van der Waals surface area contributed by atoms with Gasteiger partial charge in [-0.1, -0.05) is 78.9 Å². The van der Waals surface area contributed by atoms with Crippen LogP contribution < -0.4 is 0 Å². The van der Waals surface area contributed by atoms with Crippen LogP contribution in [0.5, 0.6) is 0 Å². The fourth-order valence-electron chi connectivity index (χ4n) is 4.68. The summed E-state index contributed by atoms with van der Waals surface area (Å²) < 4.78 is 16.4. The van der Waals surface area contributed by atoms with Gasteiger partial charge in [0.2, 0.25) is 0 Å². The molecule has 0 aliphatic rings. The van der Waals surface area contributed by atoms with E-state index < -0.39 is 0 Å². The molecule has 0 N–H and O–H groups in total. The van der Waals surface area contributed by atoms with E-state index in [1.165, 1.54) is 17.2 Å². The first-order valence-corrected chi connectivity index (χ1v) is 11.2. The second-order valence-electron chi connectivity index (χ2n) is 8.42. The van der Waals surface area contributed by atoms with Gasteiger partial charge in [0.05, 0.1) is 11.0 Å². The molecule has 0 unspecified atom stereocenters. The van der Waals surface area contributed by atoms with E-state index in [0.29, 0.717) is 0 Å². The van der Waals surface area contributed by atoms with Crippen molar-refractivity contribution in [3.63, 3.8) is 0 Å². The molecular weight excluding hydrogens is 405 g/mol. The van der Waals surface area contributed by atoms with Crippen LogP contribution in [-0.4, -0.2) is 4.57 Å². The number of halogens is 1. The highest BCUT2D eigenvalue weighted by Crippen LogP contribution is 2.35. The zero-order valence-electron chi connectivity index (χ0n) is 18.1. The summed E-state index contributed by atoms with van der Waals surface area (Å²) in [6, 6.07) is 41.0. The molecule has 0 spiro atoms. The highest BCUT2D eigenvalue weighted by Gasteiger charge is 2.14. The summed E-state index contributed by atoms with van der Waals surface area (Å²) in [7, 11) is 0. The van der Waals surface area contributed by atoms with Crippen LogP contribution in [0, 0.1) is 5.82 Å². The molecule has 158 valence electrons. The number of para-hydroxylation sites is 1. The lowest BCUT2D eigenvalue weighted by Crippen LogP contribution is -1.93. The number of fused-ring (bicyclic) bond motifs is 3. The molecule has 5 aromatic carbocycles. The summed E-state index contributed by atoms with van der Waals surface area (Å²) >= 11 is 0. The van der Waals surface area contributed by atoms with Gasteiger partial charge >= 0.3 is 0 Å². The maximum absolute atomic E-state index is 14.2. The van der Waals surface area contributed by atoms with Crippen molar-refractivity contribution in [1.82, 2.24) is 4.57 Å². The molecule has 1 aromatic heterocycles. The molecule has 0 bridgehead atoms. The molecule has 0 atom stereocenters. The third kappa shape index (κ3) is 3.60. The summed E-state index contributed by atoms with van der Waals surface area (Å²) in [5.41, 5.74) is 8.04. The Bertz CT molecular complexity index is 1560. The van der Waals surface area contributed by atoms with Crippen molar-refractivity contribution >= 4 is 21.8 Å². The van der Waals surface area contributed by atoms with Crippen molar-refractivity contribution < 1.29 is 4.39 Å². The largest absolute Gasteiger partial charge is 0.309 e. The summed E-state index contributed by atoms with van der Waals surface area (Å²) in [6.07, 6.45) is 0.921. The van der Waals surface area contributed by atoms with E-state index in [0.717, 1.165) is 45.0 Å². The minimum absolute atomic E-state index is 0.217. The molecule has 0 saturated heterocycles. The Labute approximate surface area is 192 Å². The molecular formula is C31H22FN. The number of hydrogen-bond donors (Lipinski definition) is 0. The number of benzene rings is 5. The Morgan fingerprint density at radius 1 is 0.515 bits per heavy atom. The lowest BCUT2D eigenvalue weighted by atomic mass is 9.99. The third-order valence-electron chi connectivity index (χ3n) is 6.28. The van der Waals surface area contributed by atoms with Crippen molar-refractivity contribution in [3.8, 4) is 16.8 Å². The van der Waals surface area contributed by atoms with E-state index in [2.05, 4.69) is 83.4 Å². The first kappa shape index (κ1) is 19.5. The summed E-state index contributed by atoms with van der Waals surface area (Å²) in [5, 5.41) is 1.98. The SMILES string of the molecule is Fc1ccc2c(c1)c1cc(-c3ccc(Cc4ccccc4)cc3)ccc1n2-c1ccccc1. The van der Waals surface area contributed by atoms with Gasteiger partial charge in [-0.05, 0) is 71.1 Å². The zero-order chi connectivity index (χ0) is 22.2. The Kier molecular flexibility index (Phi) is 4.77. The van der Waals surface area contributed by atoms with Crippen LogP contribution in [0.3, 0.4) is 0 Å². The van der Waals surface area contributed by atoms with Crippen molar-refractivity contribution in [2.75, 3.05) is 0 Å². The molecule has 0 saturated carbocycles. The van der Waals surface area contributed by atoms with E-state index in [1.807, 2.05) is 30.3 Å². The van der Waals surface area contributed by atoms with Crippen LogP contribution in [0.1, 0.15) is 11.1 Å². The zero-order valence-corrected chi connectivity index (χ0v) is 18.1. The molecule has 6 rings (SSSR count). The Hall–Kier alpha value is -4.17. The summed E-state index contributed by atoms with van der Waals surface area (Å²) in [5.74, 6) is -0.217. The molecule has 1 nitrogen and oxygen atoms in total. The van der Waals surface area contributed by atoms with E-state index >= 15 is 0 Å². The van der Waals surface area contributed by atoms with Crippen molar-refractivity contribution in [3.05, 3.63) is 138 Å². The molecule has 0 aliphatic carbocycles. The van der Waals surface area contributed by atoms with Crippen molar-refractivity contribution in [2.45, 2.75) is 6.42 Å². The molecule has 1 heterocycles. The summed E-state index contributed by atoms with van der Waals surface area (Å²) in [6.45, 7) is 0. The molecule has 33 heavy (non-hydrogen) atoms. The molecule has 0 radical (unpaired) electrons. The number of hydrogen-bond acceptors (Lipinski definition) is 0. The minimum atomic E-state index is -0.217. The van der Waals surface area contributed by atoms with Gasteiger partial charge in [-0.2, -0.15) is 0 Å². The Morgan fingerprint density at radius 2 is 1.09 bits per heavy atom. The first-order chi connectivity index (χ1) is 16.3. The van der Waals surface area contributed by atoms with E-state index in [-0.39, 0.29) is 5.82 Å². The topological polar surface area (TPSA) is 4.93 Å². The second-order valence-corrected chi connectivity index (χ2v) is 8.42. The highest BCUT2D eigenvalue weighted by atomic mass is 19.1.